The SMILES string of the molecule is [CH2]CCN1CCCN(C)C1=O. The average molecular weight is 155 g/mol. The number of hydrogen-bond donors (Lipinski definition) is 0. The van der Waals surface area contributed by atoms with Gasteiger partial charge in [-0.2, -0.15) is 0 Å². The molecule has 0 atom stereocenters. The molecule has 2 amide bonds. The molecule has 0 N–H and O–H groups in total. The van der Waals surface area contributed by atoms with Crippen molar-refractivity contribution in [2.24, 2.45) is 0 Å². The Kier molecular flexibility index (Phi) is 2.74. The molecule has 3 heteroatoms. The van der Waals surface area contributed by atoms with Crippen molar-refractivity contribution in [2.45, 2.75) is 12.8 Å². The molecule has 0 aromatic carbocycles. The van der Waals surface area contributed by atoms with Gasteiger partial charge in [0.25, 0.3) is 0 Å². The van der Waals surface area contributed by atoms with Crippen molar-refractivity contribution in [1.29, 1.82) is 0 Å². The maximum absolute atomic E-state index is 11.3. The van der Waals surface area contributed by atoms with E-state index in [9.17, 15) is 4.79 Å². The highest BCUT2D eigenvalue weighted by molar-refractivity contribution is 5.74. The first-order chi connectivity index (χ1) is 5.25. The van der Waals surface area contributed by atoms with E-state index in [2.05, 4.69) is 6.92 Å². The lowest BCUT2D eigenvalue weighted by Gasteiger charge is -2.32. The Morgan fingerprint density at radius 2 is 2.27 bits per heavy atom. The fourth-order valence-corrected chi connectivity index (χ4v) is 1.33. The fourth-order valence-electron chi connectivity index (χ4n) is 1.33. The molecule has 1 saturated heterocycles. The van der Waals surface area contributed by atoms with Gasteiger partial charge in [-0.25, -0.2) is 4.79 Å². The summed E-state index contributed by atoms with van der Waals surface area (Å²) in [5.41, 5.74) is 0. The van der Waals surface area contributed by atoms with Gasteiger partial charge in [0.15, 0.2) is 0 Å². The number of rotatable bonds is 2. The van der Waals surface area contributed by atoms with Gasteiger partial charge >= 0.3 is 6.03 Å². The van der Waals surface area contributed by atoms with E-state index in [1.54, 1.807) is 4.90 Å². The number of urea groups is 1. The minimum Gasteiger partial charge on any atom is -0.328 e. The monoisotopic (exact) mass is 155 g/mol. The predicted octanol–water partition coefficient (Wildman–Crippen LogP) is 0.968. The van der Waals surface area contributed by atoms with Crippen LogP contribution in [0.25, 0.3) is 0 Å². The highest BCUT2D eigenvalue weighted by atomic mass is 16.2. The van der Waals surface area contributed by atoms with Crippen molar-refractivity contribution < 1.29 is 4.79 Å². The van der Waals surface area contributed by atoms with Crippen LogP contribution in [-0.4, -0.2) is 42.5 Å². The second-order valence-electron chi connectivity index (χ2n) is 2.90. The Hall–Kier alpha value is -0.730. The molecule has 0 spiro atoms. The van der Waals surface area contributed by atoms with Crippen molar-refractivity contribution in [3.05, 3.63) is 6.92 Å². The lowest BCUT2D eigenvalue weighted by atomic mass is 10.3. The Labute approximate surface area is 68.0 Å². The molecule has 1 fully saturated rings. The van der Waals surface area contributed by atoms with Crippen LogP contribution in [0.15, 0.2) is 0 Å². The molecule has 0 aromatic rings. The summed E-state index contributed by atoms with van der Waals surface area (Å²) >= 11 is 0. The summed E-state index contributed by atoms with van der Waals surface area (Å²) in [6.07, 6.45) is 1.89. The molecule has 0 saturated carbocycles. The number of hydrogen-bond acceptors (Lipinski definition) is 1. The van der Waals surface area contributed by atoms with Gasteiger partial charge < -0.3 is 9.80 Å². The highest BCUT2D eigenvalue weighted by Gasteiger charge is 2.20. The molecule has 1 heterocycles. The van der Waals surface area contributed by atoms with Gasteiger partial charge in [0, 0.05) is 26.7 Å². The molecule has 1 aliphatic heterocycles. The third-order valence-electron chi connectivity index (χ3n) is 1.95. The Morgan fingerprint density at radius 3 is 2.91 bits per heavy atom. The summed E-state index contributed by atoms with van der Waals surface area (Å²) < 4.78 is 0. The van der Waals surface area contributed by atoms with Gasteiger partial charge in [-0.05, 0) is 12.8 Å². The molecule has 1 rings (SSSR count). The Morgan fingerprint density at radius 1 is 1.55 bits per heavy atom. The van der Waals surface area contributed by atoms with Crippen LogP contribution in [0.5, 0.6) is 0 Å². The van der Waals surface area contributed by atoms with E-state index < -0.39 is 0 Å². The summed E-state index contributed by atoms with van der Waals surface area (Å²) in [6, 6.07) is 0.153. The van der Waals surface area contributed by atoms with Crippen LogP contribution in [0.3, 0.4) is 0 Å². The van der Waals surface area contributed by atoms with Crippen molar-refractivity contribution >= 4 is 6.03 Å². The van der Waals surface area contributed by atoms with Crippen LogP contribution in [-0.2, 0) is 0 Å². The first-order valence-corrected chi connectivity index (χ1v) is 4.05. The fraction of sp³-hybridized carbons (Fsp3) is 0.750. The second-order valence-corrected chi connectivity index (χ2v) is 2.90. The molecule has 0 unspecified atom stereocenters. The second kappa shape index (κ2) is 3.60. The van der Waals surface area contributed by atoms with Crippen LogP contribution in [0.2, 0.25) is 0 Å². The molecule has 3 nitrogen and oxygen atoms in total. The van der Waals surface area contributed by atoms with E-state index in [1.807, 2.05) is 11.9 Å². The first-order valence-electron chi connectivity index (χ1n) is 4.05. The van der Waals surface area contributed by atoms with Gasteiger partial charge in [0.1, 0.15) is 0 Å². The van der Waals surface area contributed by atoms with Crippen molar-refractivity contribution in [3.8, 4) is 0 Å². The molecule has 0 bridgehead atoms. The van der Waals surface area contributed by atoms with E-state index in [0.29, 0.717) is 0 Å². The third-order valence-corrected chi connectivity index (χ3v) is 1.95. The van der Waals surface area contributed by atoms with E-state index in [-0.39, 0.29) is 6.03 Å². The highest BCUT2D eigenvalue weighted by Crippen LogP contribution is 2.06. The Bertz CT molecular complexity index is 145. The molecular formula is C8H15N2O. The molecule has 1 radical (unpaired) electrons. The number of nitrogens with zero attached hydrogens (tertiary/aromatic N) is 2. The summed E-state index contributed by atoms with van der Waals surface area (Å²) in [5, 5.41) is 0. The van der Waals surface area contributed by atoms with Crippen LogP contribution in [0, 0.1) is 6.92 Å². The first kappa shape index (κ1) is 8.37. The summed E-state index contributed by atoms with van der Waals surface area (Å²) in [6.45, 7) is 6.32. The van der Waals surface area contributed by atoms with Crippen LogP contribution < -0.4 is 0 Å². The molecule has 0 aliphatic carbocycles. The quantitative estimate of drug-likeness (QED) is 0.583. The molecule has 1 aliphatic rings. The van der Waals surface area contributed by atoms with E-state index in [1.165, 1.54) is 0 Å². The largest absolute Gasteiger partial charge is 0.328 e. The smallest absolute Gasteiger partial charge is 0.319 e. The van der Waals surface area contributed by atoms with Gasteiger partial charge in [-0.3, -0.25) is 0 Å². The average Bonchev–Trinajstić information content (AvgIpc) is 1.99. The van der Waals surface area contributed by atoms with Gasteiger partial charge in [0.2, 0.25) is 0 Å². The maximum atomic E-state index is 11.3. The molecule has 0 aromatic heterocycles. The minimum absolute atomic E-state index is 0.153. The Balaban J connectivity index is 2.44. The van der Waals surface area contributed by atoms with Gasteiger partial charge in [-0.15, -0.1) is 0 Å². The molecular weight excluding hydrogens is 140 g/mol. The number of carbonyl (C=O) groups excluding carboxylic acids is 1. The van der Waals surface area contributed by atoms with Crippen molar-refractivity contribution in [3.63, 3.8) is 0 Å². The zero-order valence-corrected chi connectivity index (χ0v) is 7.05. The normalized spacial score (nSPS) is 19.3. The molecule has 11 heavy (non-hydrogen) atoms. The van der Waals surface area contributed by atoms with Crippen LogP contribution in [0.4, 0.5) is 4.79 Å². The summed E-state index contributed by atoms with van der Waals surface area (Å²) in [4.78, 5) is 15.0. The van der Waals surface area contributed by atoms with Crippen LogP contribution in [0.1, 0.15) is 12.8 Å². The zero-order chi connectivity index (χ0) is 8.27. The minimum atomic E-state index is 0.153. The number of carbonyl (C=O) groups is 1. The zero-order valence-electron chi connectivity index (χ0n) is 7.05. The predicted molar refractivity (Wildman–Crippen MR) is 44.2 cm³/mol. The van der Waals surface area contributed by atoms with E-state index in [4.69, 9.17) is 0 Å². The maximum Gasteiger partial charge on any atom is 0.319 e. The van der Waals surface area contributed by atoms with Crippen molar-refractivity contribution in [1.82, 2.24) is 9.80 Å². The van der Waals surface area contributed by atoms with Gasteiger partial charge in [-0.1, -0.05) is 6.92 Å². The number of amides is 2. The topological polar surface area (TPSA) is 23.6 Å². The van der Waals surface area contributed by atoms with E-state index in [0.717, 1.165) is 32.5 Å². The van der Waals surface area contributed by atoms with Crippen molar-refractivity contribution in [2.75, 3.05) is 26.7 Å². The standard InChI is InChI=1S/C8H15N2O/c1-3-5-10-7-4-6-9(2)8(10)11/h1,3-7H2,2H3. The molecule has 63 valence electrons. The summed E-state index contributed by atoms with van der Waals surface area (Å²) in [7, 11) is 1.84. The van der Waals surface area contributed by atoms with Crippen LogP contribution >= 0.6 is 0 Å². The lowest BCUT2D eigenvalue weighted by molar-refractivity contribution is 0.142. The third kappa shape index (κ3) is 1.85. The van der Waals surface area contributed by atoms with Gasteiger partial charge in [0.05, 0.1) is 0 Å². The summed E-state index contributed by atoms with van der Waals surface area (Å²) in [5.74, 6) is 0. The van der Waals surface area contributed by atoms with E-state index >= 15 is 0 Å². The lowest BCUT2D eigenvalue weighted by Crippen LogP contribution is -2.47.